The zero-order valence-electron chi connectivity index (χ0n) is 15.4. The highest BCUT2D eigenvalue weighted by atomic mass is 32.2. The van der Waals surface area contributed by atoms with Crippen molar-refractivity contribution < 1.29 is 19.1 Å². The largest absolute Gasteiger partial charge is 0.383 e. The van der Waals surface area contributed by atoms with E-state index in [-0.39, 0.29) is 17.6 Å². The third kappa shape index (κ3) is 9.72. The fraction of sp³-hybridized carbons (Fsp3) is 0.733. The van der Waals surface area contributed by atoms with Crippen molar-refractivity contribution >= 4 is 46.7 Å². The zero-order chi connectivity index (χ0) is 19.2. The van der Waals surface area contributed by atoms with Crippen molar-refractivity contribution in [2.75, 3.05) is 58.6 Å². The molecule has 2 amide bonds. The van der Waals surface area contributed by atoms with E-state index < -0.39 is 0 Å². The van der Waals surface area contributed by atoms with Crippen LogP contribution in [-0.4, -0.2) is 85.5 Å². The highest BCUT2D eigenvalue weighted by Crippen LogP contribution is 2.28. The standard InChI is InChI=1S/C15H26N4O4S3/c1-4-5-16-12(20)10-24-14-17-18-15(26-14)25-11-13(21)19(6-8-22-2)7-9-23-3/h4-11H2,1-3H3,(H,16,20). The zero-order valence-corrected chi connectivity index (χ0v) is 17.8. The maximum Gasteiger partial charge on any atom is 0.233 e. The summed E-state index contributed by atoms with van der Waals surface area (Å²) in [6.07, 6.45) is 0.913. The van der Waals surface area contributed by atoms with Crippen molar-refractivity contribution in [2.45, 2.75) is 22.0 Å². The van der Waals surface area contributed by atoms with Gasteiger partial charge in [0.1, 0.15) is 0 Å². The molecule has 8 nitrogen and oxygen atoms in total. The van der Waals surface area contributed by atoms with E-state index in [1.807, 2.05) is 6.92 Å². The summed E-state index contributed by atoms with van der Waals surface area (Å²) in [5.41, 5.74) is 0. The Bertz CT molecular complexity index is 537. The van der Waals surface area contributed by atoms with Crippen molar-refractivity contribution in [3.63, 3.8) is 0 Å². The van der Waals surface area contributed by atoms with Gasteiger partial charge in [-0.25, -0.2) is 0 Å². The van der Waals surface area contributed by atoms with Crippen LogP contribution in [0.15, 0.2) is 8.68 Å². The van der Waals surface area contributed by atoms with Crippen LogP contribution in [0.5, 0.6) is 0 Å². The minimum absolute atomic E-state index is 0.00689. The Kier molecular flexibility index (Phi) is 12.7. The molecular weight excluding hydrogens is 396 g/mol. The van der Waals surface area contributed by atoms with Gasteiger partial charge in [0, 0.05) is 33.9 Å². The van der Waals surface area contributed by atoms with E-state index >= 15 is 0 Å². The average molecular weight is 423 g/mol. The Morgan fingerprint density at radius 1 is 1.08 bits per heavy atom. The fourth-order valence-electron chi connectivity index (χ4n) is 1.74. The lowest BCUT2D eigenvalue weighted by Gasteiger charge is -2.21. The van der Waals surface area contributed by atoms with Gasteiger partial charge in [0.25, 0.3) is 0 Å². The number of hydrogen-bond acceptors (Lipinski definition) is 9. The average Bonchev–Trinajstić information content (AvgIpc) is 3.10. The van der Waals surface area contributed by atoms with Crippen LogP contribution < -0.4 is 5.32 Å². The number of nitrogens with zero attached hydrogens (tertiary/aromatic N) is 3. The van der Waals surface area contributed by atoms with Crippen molar-refractivity contribution in [3.8, 4) is 0 Å². The van der Waals surface area contributed by atoms with Crippen LogP contribution in [0.2, 0.25) is 0 Å². The van der Waals surface area contributed by atoms with E-state index in [0.717, 1.165) is 10.8 Å². The second-order valence-corrected chi connectivity index (χ2v) is 8.55. The molecule has 0 fully saturated rings. The van der Waals surface area contributed by atoms with Crippen LogP contribution in [0.25, 0.3) is 0 Å². The molecule has 0 saturated heterocycles. The molecular formula is C15H26N4O4S3. The van der Waals surface area contributed by atoms with E-state index in [2.05, 4.69) is 15.5 Å². The maximum absolute atomic E-state index is 12.3. The Hall–Kier alpha value is -0.880. The molecule has 0 radical (unpaired) electrons. The van der Waals surface area contributed by atoms with Crippen LogP contribution >= 0.6 is 34.9 Å². The molecule has 1 aromatic heterocycles. The summed E-state index contributed by atoms with van der Waals surface area (Å²) < 4.78 is 11.5. The minimum atomic E-state index is -0.0108. The Morgan fingerprint density at radius 2 is 1.65 bits per heavy atom. The van der Waals surface area contributed by atoms with E-state index in [1.54, 1.807) is 19.1 Å². The fourth-order valence-corrected chi connectivity index (χ4v) is 4.49. The summed E-state index contributed by atoms with van der Waals surface area (Å²) in [5, 5.41) is 10.9. The summed E-state index contributed by atoms with van der Waals surface area (Å²) >= 11 is 4.10. The molecule has 148 valence electrons. The van der Waals surface area contributed by atoms with E-state index in [0.29, 0.717) is 42.9 Å². The molecule has 1 aromatic rings. The number of thioether (sulfide) groups is 2. The predicted octanol–water partition coefficient (Wildman–Crippen LogP) is 1.37. The predicted molar refractivity (Wildman–Crippen MR) is 105 cm³/mol. The number of methoxy groups -OCH3 is 2. The molecule has 0 aliphatic heterocycles. The normalized spacial score (nSPS) is 10.7. The molecule has 1 N–H and O–H groups in total. The first kappa shape index (κ1) is 23.2. The lowest BCUT2D eigenvalue weighted by Crippen LogP contribution is -2.37. The maximum atomic E-state index is 12.3. The number of carbonyl (C=O) groups is 2. The number of nitrogens with one attached hydrogen (secondary N) is 1. The van der Waals surface area contributed by atoms with Crippen molar-refractivity contribution in [1.82, 2.24) is 20.4 Å². The SMILES string of the molecule is CCCNC(=O)CSc1nnc(SCC(=O)N(CCOC)CCOC)s1. The molecule has 1 rings (SSSR count). The second kappa shape index (κ2) is 14.2. The van der Waals surface area contributed by atoms with Gasteiger partial charge in [0.2, 0.25) is 11.8 Å². The number of ether oxygens (including phenoxy) is 2. The van der Waals surface area contributed by atoms with Crippen molar-refractivity contribution in [1.29, 1.82) is 0 Å². The molecule has 0 aliphatic carbocycles. The summed E-state index contributed by atoms with van der Waals surface area (Å²) in [7, 11) is 3.22. The third-order valence-corrected chi connectivity index (χ3v) is 6.26. The second-order valence-electron chi connectivity index (χ2n) is 5.13. The summed E-state index contributed by atoms with van der Waals surface area (Å²) in [4.78, 5) is 25.7. The van der Waals surface area contributed by atoms with Gasteiger partial charge in [0.15, 0.2) is 8.68 Å². The first-order valence-corrected chi connectivity index (χ1v) is 11.0. The number of hydrogen-bond donors (Lipinski definition) is 1. The lowest BCUT2D eigenvalue weighted by molar-refractivity contribution is -0.129. The molecule has 0 saturated carbocycles. The molecule has 26 heavy (non-hydrogen) atoms. The van der Waals surface area contributed by atoms with Gasteiger partial charge in [0.05, 0.1) is 24.7 Å². The highest BCUT2D eigenvalue weighted by molar-refractivity contribution is 8.03. The number of aromatic nitrogens is 2. The smallest absolute Gasteiger partial charge is 0.233 e. The van der Waals surface area contributed by atoms with E-state index in [9.17, 15) is 9.59 Å². The Labute approximate surface area is 166 Å². The van der Waals surface area contributed by atoms with E-state index in [1.165, 1.54) is 34.9 Å². The molecule has 0 unspecified atom stereocenters. The number of carbonyl (C=O) groups excluding carboxylic acids is 2. The molecule has 1 heterocycles. The van der Waals surface area contributed by atoms with Gasteiger partial charge in [-0.1, -0.05) is 41.8 Å². The monoisotopic (exact) mass is 422 g/mol. The molecule has 0 aliphatic rings. The quantitative estimate of drug-likeness (QED) is 0.449. The molecule has 0 spiro atoms. The van der Waals surface area contributed by atoms with Crippen LogP contribution in [-0.2, 0) is 19.1 Å². The Balaban J connectivity index is 2.40. The third-order valence-electron chi connectivity index (χ3n) is 3.09. The van der Waals surface area contributed by atoms with Crippen LogP contribution in [0.3, 0.4) is 0 Å². The Morgan fingerprint density at radius 3 is 2.19 bits per heavy atom. The summed E-state index contributed by atoms with van der Waals surface area (Å²) in [5.74, 6) is 0.597. The van der Waals surface area contributed by atoms with Gasteiger partial charge in [-0.05, 0) is 6.42 Å². The first-order chi connectivity index (χ1) is 12.6. The van der Waals surface area contributed by atoms with Gasteiger partial charge < -0.3 is 19.7 Å². The minimum Gasteiger partial charge on any atom is -0.383 e. The molecule has 0 aromatic carbocycles. The number of amides is 2. The molecule has 11 heteroatoms. The molecule has 0 bridgehead atoms. The van der Waals surface area contributed by atoms with Gasteiger partial charge in [-0.3, -0.25) is 9.59 Å². The van der Waals surface area contributed by atoms with E-state index in [4.69, 9.17) is 9.47 Å². The number of rotatable bonds is 14. The molecule has 0 atom stereocenters. The lowest BCUT2D eigenvalue weighted by atomic mass is 10.4. The van der Waals surface area contributed by atoms with Crippen LogP contribution in [0.1, 0.15) is 13.3 Å². The van der Waals surface area contributed by atoms with Crippen molar-refractivity contribution in [2.24, 2.45) is 0 Å². The van der Waals surface area contributed by atoms with Gasteiger partial charge in [-0.2, -0.15) is 0 Å². The van der Waals surface area contributed by atoms with Gasteiger partial charge in [-0.15, -0.1) is 10.2 Å². The van der Waals surface area contributed by atoms with Gasteiger partial charge >= 0.3 is 0 Å². The first-order valence-electron chi connectivity index (χ1n) is 8.22. The summed E-state index contributed by atoms with van der Waals surface area (Å²) in [6.45, 7) is 4.72. The van der Waals surface area contributed by atoms with Crippen molar-refractivity contribution in [3.05, 3.63) is 0 Å². The highest BCUT2D eigenvalue weighted by Gasteiger charge is 2.15. The van der Waals surface area contributed by atoms with Crippen LogP contribution in [0, 0.1) is 0 Å². The summed E-state index contributed by atoms with van der Waals surface area (Å²) in [6, 6.07) is 0. The van der Waals surface area contributed by atoms with Crippen LogP contribution in [0.4, 0.5) is 0 Å². The topological polar surface area (TPSA) is 93.7 Å².